The molecule has 110 valence electrons. The van der Waals surface area contributed by atoms with Gasteiger partial charge in [-0.25, -0.2) is 4.98 Å². The lowest BCUT2D eigenvalue weighted by Crippen LogP contribution is -2.38. The Hall–Kier alpha value is -2.37. The first-order valence-electron chi connectivity index (χ1n) is 7.10. The van der Waals surface area contributed by atoms with E-state index in [0.29, 0.717) is 18.4 Å². The van der Waals surface area contributed by atoms with Crippen LogP contribution in [0.3, 0.4) is 0 Å². The molecule has 2 aromatic rings. The number of hydrogen-bond donors (Lipinski definition) is 2. The van der Waals surface area contributed by atoms with Gasteiger partial charge in [0.1, 0.15) is 5.65 Å². The van der Waals surface area contributed by atoms with Gasteiger partial charge in [-0.05, 0) is 37.8 Å². The Balaban J connectivity index is 1.62. The first kappa shape index (κ1) is 13.6. The molecule has 2 aromatic heterocycles. The van der Waals surface area contributed by atoms with Crippen molar-refractivity contribution >= 4 is 17.5 Å². The van der Waals surface area contributed by atoms with E-state index in [0.717, 1.165) is 18.5 Å². The minimum atomic E-state index is -0.731. The van der Waals surface area contributed by atoms with Crippen molar-refractivity contribution < 1.29 is 14.7 Å². The lowest BCUT2D eigenvalue weighted by Gasteiger charge is -2.26. The van der Waals surface area contributed by atoms with Gasteiger partial charge in [-0.3, -0.25) is 9.59 Å². The summed E-state index contributed by atoms with van der Waals surface area (Å²) in [6.45, 7) is 0. The maximum Gasteiger partial charge on any atom is 0.306 e. The van der Waals surface area contributed by atoms with Gasteiger partial charge in [-0.1, -0.05) is 0 Å². The number of carboxylic acids is 1. The molecule has 1 aliphatic rings. The van der Waals surface area contributed by atoms with E-state index in [9.17, 15) is 9.59 Å². The zero-order chi connectivity index (χ0) is 14.8. The van der Waals surface area contributed by atoms with Crippen molar-refractivity contribution in [3.05, 3.63) is 36.3 Å². The number of pyridine rings is 1. The van der Waals surface area contributed by atoms with E-state index in [1.807, 2.05) is 0 Å². The molecule has 3 rings (SSSR count). The molecule has 21 heavy (non-hydrogen) atoms. The monoisotopic (exact) mass is 287 g/mol. The van der Waals surface area contributed by atoms with Crippen LogP contribution in [0.1, 0.15) is 36.0 Å². The van der Waals surface area contributed by atoms with E-state index in [2.05, 4.69) is 10.3 Å². The molecular weight excluding hydrogens is 270 g/mol. The number of carboxylic acid groups (broad SMARTS) is 1. The predicted molar refractivity (Wildman–Crippen MR) is 76.0 cm³/mol. The summed E-state index contributed by atoms with van der Waals surface area (Å²) in [5.41, 5.74) is 1.38. The fourth-order valence-electron chi connectivity index (χ4n) is 2.81. The lowest BCUT2D eigenvalue weighted by molar-refractivity contribution is -0.142. The van der Waals surface area contributed by atoms with E-state index in [1.54, 1.807) is 35.1 Å². The van der Waals surface area contributed by atoms with Crippen molar-refractivity contribution in [2.24, 2.45) is 5.92 Å². The van der Waals surface area contributed by atoms with Crippen LogP contribution in [0.2, 0.25) is 0 Å². The SMILES string of the molecule is O=C(NC1CCC(C(=O)O)CC1)c1ccc2nccn2c1. The molecule has 0 atom stereocenters. The number of hydrogen-bond acceptors (Lipinski definition) is 3. The fourth-order valence-corrected chi connectivity index (χ4v) is 2.81. The molecule has 0 aromatic carbocycles. The third-order valence-corrected chi connectivity index (χ3v) is 4.06. The number of fused-ring (bicyclic) bond motifs is 1. The molecule has 0 radical (unpaired) electrons. The van der Waals surface area contributed by atoms with Crippen LogP contribution in [0, 0.1) is 5.92 Å². The van der Waals surface area contributed by atoms with Crippen LogP contribution in [0.5, 0.6) is 0 Å². The highest BCUT2D eigenvalue weighted by Crippen LogP contribution is 2.24. The molecule has 1 fully saturated rings. The molecule has 1 amide bonds. The van der Waals surface area contributed by atoms with Crippen LogP contribution >= 0.6 is 0 Å². The van der Waals surface area contributed by atoms with E-state index >= 15 is 0 Å². The summed E-state index contributed by atoms with van der Waals surface area (Å²) < 4.78 is 1.80. The maximum absolute atomic E-state index is 12.2. The van der Waals surface area contributed by atoms with Gasteiger partial charge >= 0.3 is 5.97 Å². The summed E-state index contributed by atoms with van der Waals surface area (Å²) in [6, 6.07) is 3.61. The third-order valence-electron chi connectivity index (χ3n) is 4.06. The van der Waals surface area contributed by atoms with Gasteiger partial charge in [0.05, 0.1) is 11.5 Å². The van der Waals surface area contributed by atoms with Crippen LogP contribution in [-0.4, -0.2) is 32.4 Å². The summed E-state index contributed by atoms with van der Waals surface area (Å²) in [6.07, 6.45) is 7.92. The zero-order valence-electron chi connectivity index (χ0n) is 11.5. The van der Waals surface area contributed by atoms with Crippen molar-refractivity contribution in [3.8, 4) is 0 Å². The van der Waals surface area contributed by atoms with Gasteiger partial charge in [0.2, 0.25) is 0 Å². The van der Waals surface area contributed by atoms with E-state index in [1.165, 1.54) is 0 Å². The normalized spacial score (nSPS) is 22.1. The highest BCUT2D eigenvalue weighted by atomic mass is 16.4. The first-order valence-corrected chi connectivity index (χ1v) is 7.10. The van der Waals surface area contributed by atoms with Gasteiger partial charge in [0, 0.05) is 24.6 Å². The molecule has 6 nitrogen and oxygen atoms in total. The number of rotatable bonds is 3. The Bertz CT molecular complexity index is 672. The average Bonchev–Trinajstić information content (AvgIpc) is 2.95. The standard InChI is InChI=1S/C15H17N3O3/c19-14(11-3-6-13-16-7-8-18(13)9-11)17-12-4-1-10(2-5-12)15(20)21/h3,6-10,12H,1-2,4-5H2,(H,17,19)(H,20,21). The Morgan fingerprint density at radius 2 is 2.00 bits per heavy atom. The average molecular weight is 287 g/mol. The second-order valence-electron chi connectivity index (χ2n) is 5.47. The number of aromatic nitrogens is 2. The molecule has 2 N–H and O–H groups in total. The number of carbonyl (C=O) groups excluding carboxylic acids is 1. The largest absolute Gasteiger partial charge is 0.481 e. The number of aliphatic carboxylic acids is 1. The number of imidazole rings is 1. The minimum Gasteiger partial charge on any atom is -0.481 e. The summed E-state index contributed by atoms with van der Waals surface area (Å²) >= 11 is 0. The van der Waals surface area contributed by atoms with E-state index in [4.69, 9.17) is 5.11 Å². The second kappa shape index (κ2) is 5.55. The minimum absolute atomic E-state index is 0.0617. The Morgan fingerprint density at radius 3 is 2.71 bits per heavy atom. The highest BCUT2D eigenvalue weighted by Gasteiger charge is 2.26. The molecule has 1 saturated carbocycles. The second-order valence-corrected chi connectivity index (χ2v) is 5.47. The number of nitrogens with one attached hydrogen (secondary N) is 1. The molecule has 6 heteroatoms. The number of amides is 1. The summed E-state index contributed by atoms with van der Waals surface area (Å²) in [5.74, 6) is -1.12. The molecule has 2 heterocycles. The first-order chi connectivity index (χ1) is 10.1. The molecule has 1 aliphatic carbocycles. The fraction of sp³-hybridized carbons (Fsp3) is 0.400. The van der Waals surface area contributed by atoms with Gasteiger partial charge in [0.25, 0.3) is 5.91 Å². The summed E-state index contributed by atoms with van der Waals surface area (Å²) in [5, 5.41) is 12.0. The third kappa shape index (κ3) is 2.89. The highest BCUT2D eigenvalue weighted by molar-refractivity contribution is 5.94. The predicted octanol–water partition coefficient (Wildman–Crippen LogP) is 1.71. The maximum atomic E-state index is 12.2. The Labute approximate surface area is 121 Å². The van der Waals surface area contributed by atoms with Crippen LogP contribution in [0.15, 0.2) is 30.7 Å². The number of carbonyl (C=O) groups is 2. The smallest absolute Gasteiger partial charge is 0.306 e. The zero-order valence-corrected chi connectivity index (χ0v) is 11.5. The van der Waals surface area contributed by atoms with Crippen molar-refractivity contribution in [1.82, 2.24) is 14.7 Å². The molecule has 0 unspecified atom stereocenters. The molecular formula is C15H17N3O3. The molecule has 0 spiro atoms. The van der Waals surface area contributed by atoms with Crippen molar-refractivity contribution in [1.29, 1.82) is 0 Å². The van der Waals surface area contributed by atoms with Gasteiger partial charge < -0.3 is 14.8 Å². The van der Waals surface area contributed by atoms with E-state index < -0.39 is 5.97 Å². The van der Waals surface area contributed by atoms with Crippen LogP contribution < -0.4 is 5.32 Å². The van der Waals surface area contributed by atoms with Crippen molar-refractivity contribution in [3.63, 3.8) is 0 Å². The summed E-state index contributed by atoms with van der Waals surface area (Å²) in [7, 11) is 0. The van der Waals surface area contributed by atoms with Gasteiger partial charge in [-0.2, -0.15) is 0 Å². The van der Waals surface area contributed by atoms with Crippen LogP contribution in [-0.2, 0) is 4.79 Å². The lowest BCUT2D eigenvalue weighted by atomic mass is 9.86. The summed E-state index contributed by atoms with van der Waals surface area (Å²) in [4.78, 5) is 27.3. The van der Waals surface area contributed by atoms with Crippen molar-refractivity contribution in [2.45, 2.75) is 31.7 Å². The van der Waals surface area contributed by atoms with Crippen molar-refractivity contribution in [2.75, 3.05) is 0 Å². The van der Waals surface area contributed by atoms with Crippen LogP contribution in [0.4, 0.5) is 0 Å². The quantitative estimate of drug-likeness (QED) is 0.900. The van der Waals surface area contributed by atoms with Gasteiger partial charge in [0.15, 0.2) is 0 Å². The topological polar surface area (TPSA) is 83.7 Å². The van der Waals surface area contributed by atoms with Crippen LogP contribution in [0.25, 0.3) is 5.65 Å². The van der Waals surface area contributed by atoms with E-state index in [-0.39, 0.29) is 17.9 Å². The van der Waals surface area contributed by atoms with Gasteiger partial charge in [-0.15, -0.1) is 0 Å². The Morgan fingerprint density at radius 1 is 1.24 bits per heavy atom. The molecule has 0 saturated heterocycles. The number of nitrogens with zero attached hydrogens (tertiary/aromatic N) is 2. The molecule has 0 bridgehead atoms. The Kier molecular flexibility index (Phi) is 3.60. The molecule has 0 aliphatic heterocycles.